The topological polar surface area (TPSA) is 94.0 Å². The third kappa shape index (κ3) is 5.94. The van der Waals surface area contributed by atoms with E-state index < -0.39 is 10.0 Å². The SMILES string of the molecule is COc1cc(C)c(S(=O)(=O)N2CCCCC2COCC(=O)N2CCn3c(Cc4ccncc4)ccc3C2)c(C)c1. The van der Waals surface area contributed by atoms with Crippen LogP contribution in [-0.2, 0) is 39.1 Å². The quantitative estimate of drug-likeness (QED) is 0.392. The van der Waals surface area contributed by atoms with Crippen LogP contribution in [0.4, 0.5) is 0 Å². The van der Waals surface area contributed by atoms with Gasteiger partial charge in [-0.3, -0.25) is 9.78 Å². The summed E-state index contributed by atoms with van der Waals surface area (Å²) in [6.45, 7) is 6.08. The van der Waals surface area contributed by atoms with Crippen LogP contribution in [0.3, 0.4) is 0 Å². The van der Waals surface area contributed by atoms with E-state index in [1.54, 1.807) is 49.8 Å². The van der Waals surface area contributed by atoms with Crippen LogP contribution in [0.15, 0.2) is 53.7 Å². The summed E-state index contributed by atoms with van der Waals surface area (Å²) in [5, 5.41) is 0. The minimum atomic E-state index is -3.73. The van der Waals surface area contributed by atoms with Crippen LogP contribution in [0.5, 0.6) is 5.75 Å². The lowest BCUT2D eigenvalue weighted by Crippen LogP contribution is -2.47. The smallest absolute Gasteiger partial charge is 0.248 e. The summed E-state index contributed by atoms with van der Waals surface area (Å²) in [6.07, 6.45) is 6.88. The second-order valence-corrected chi connectivity index (χ2v) is 12.5. The number of nitrogens with zero attached hydrogens (tertiary/aromatic N) is 4. The number of hydrogen-bond donors (Lipinski definition) is 0. The second-order valence-electron chi connectivity index (χ2n) is 10.7. The Kier molecular flexibility index (Phi) is 8.58. The van der Waals surface area contributed by atoms with Crippen LogP contribution in [-0.4, -0.2) is 72.5 Å². The van der Waals surface area contributed by atoms with Crippen LogP contribution < -0.4 is 4.74 Å². The lowest BCUT2D eigenvalue weighted by molar-refractivity contribution is -0.138. The maximum absolute atomic E-state index is 13.8. The van der Waals surface area contributed by atoms with Gasteiger partial charge in [0.2, 0.25) is 15.9 Å². The normalized spacial score (nSPS) is 18.0. The number of aromatic nitrogens is 2. The van der Waals surface area contributed by atoms with Crippen molar-refractivity contribution in [3.8, 4) is 5.75 Å². The number of ether oxygens (including phenoxy) is 2. The molecule has 0 aliphatic carbocycles. The zero-order chi connectivity index (χ0) is 28.3. The standard InChI is InChI=1S/C30H38N4O5S/c1-22-16-28(38-3)17-23(2)30(22)40(36,37)34-13-5-4-6-27(34)20-39-21-29(35)32-14-15-33-25(7-8-26(33)19-32)18-24-9-11-31-12-10-24/h7-12,16-17,27H,4-6,13-15,18-21H2,1-3H3. The van der Waals surface area contributed by atoms with Gasteiger partial charge in [0.1, 0.15) is 12.4 Å². The largest absolute Gasteiger partial charge is 0.497 e. The fourth-order valence-electron chi connectivity index (χ4n) is 5.94. The first kappa shape index (κ1) is 28.3. The molecule has 0 saturated carbocycles. The van der Waals surface area contributed by atoms with Gasteiger partial charge >= 0.3 is 0 Å². The average molecular weight is 567 g/mol. The van der Waals surface area contributed by atoms with Gasteiger partial charge in [-0.2, -0.15) is 4.31 Å². The van der Waals surface area contributed by atoms with Crippen molar-refractivity contribution >= 4 is 15.9 Å². The van der Waals surface area contributed by atoms with E-state index in [1.807, 2.05) is 17.0 Å². The highest BCUT2D eigenvalue weighted by molar-refractivity contribution is 7.89. The van der Waals surface area contributed by atoms with Gasteiger partial charge in [0.25, 0.3) is 0 Å². The summed E-state index contributed by atoms with van der Waals surface area (Å²) in [4.78, 5) is 19.3. The van der Waals surface area contributed by atoms with Crippen molar-refractivity contribution in [2.45, 2.75) is 63.6 Å². The monoisotopic (exact) mass is 566 g/mol. The maximum Gasteiger partial charge on any atom is 0.248 e. The van der Waals surface area contributed by atoms with Gasteiger partial charge in [-0.15, -0.1) is 0 Å². The van der Waals surface area contributed by atoms with Crippen molar-refractivity contribution in [2.75, 3.05) is 33.4 Å². The molecule has 1 fully saturated rings. The van der Waals surface area contributed by atoms with Crippen molar-refractivity contribution in [3.63, 3.8) is 0 Å². The zero-order valence-corrected chi connectivity index (χ0v) is 24.3. The number of benzene rings is 1. The highest BCUT2D eigenvalue weighted by atomic mass is 32.2. The molecule has 0 spiro atoms. The molecule has 0 bridgehead atoms. The molecule has 1 amide bonds. The molecule has 0 N–H and O–H groups in total. The molecule has 10 heteroatoms. The number of sulfonamides is 1. The Labute approximate surface area is 236 Å². The molecular weight excluding hydrogens is 528 g/mol. The molecule has 40 heavy (non-hydrogen) atoms. The Morgan fingerprint density at radius 2 is 1.77 bits per heavy atom. The fourth-order valence-corrected chi connectivity index (χ4v) is 8.03. The Morgan fingerprint density at radius 1 is 1.02 bits per heavy atom. The predicted octanol–water partition coefficient (Wildman–Crippen LogP) is 3.70. The van der Waals surface area contributed by atoms with Gasteiger partial charge in [0.05, 0.1) is 25.2 Å². The highest BCUT2D eigenvalue weighted by Crippen LogP contribution is 2.32. The van der Waals surface area contributed by atoms with Crippen LogP contribution in [0.2, 0.25) is 0 Å². The summed E-state index contributed by atoms with van der Waals surface area (Å²) in [5.74, 6) is 0.566. The average Bonchev–Trinajstić information content (AvgIpc) is 3.35. The molecule has 2 aliphatic rings. The van der Waals surface area contributed by atoms with E-state index in [0.29, 0.717) is 47.8 Å². The van der Waals surface area contributed by atoms with Gasteiger partial charge in [-0.1, -0.05) is 6.42 Å². The van der Waals surface area contributed by atoms with E-state index in [1.165, 1.54) is 11.3 Å². The van der Waals surface area contributed by atoms with E-state index in [-0.39, 0.29) is 25.2 Å². The molecule has 1 aromatic carbocycles. The molecule has 5 rings (SSSR count). The zero-order valence-electron chi connectivity index (χ0n) is 23.5. The van der Waals surface area contributed by atoms with Gasteiger partial charge in [-0.05, 0) is 79.8 Å². The number of rotatable bonds is 9. The van der Waals surface area contributed by atoms with Gasteiger partial charge in [0, 0.05) is 55.9 Å². The van der Waals surface area contributed by atoms with Gasteiger partial charge in [0.15, 0.2) is 0 Å². The molecule has 3 aromatic rings. The maximum atomic E-state index is 13.8. The minimum absolute atomic E-state index is 0.0600. The number of pyridine rings is 1. The number of carbonyl (C=O) groups is 1. The molecule has 9 nitrogen and oxygen atoms in total. The summed E-state index contributed by atoms with van der Waals surface area (Å²) in [7, 11) is -2.15. The first-order valence-electron chi connectivity index (χ1n) is 13.9. The molecule has 1 unspecified atom stereocenters. The molecular formula is C30H38N4O5S. The molecule has 214 valence electrons. The van der Waals surface area contributed by atoms with E-state index in [0.717, 1.165) is 31.5 Å². The number of aryl methyl sites for hydroxylation is 2. The number of fused-ring (bicyclic) bond motifs is 1. The number of hydrogen-bond acceptors (Lipinski definition) is 6. The first-order valence-corrected chi connectivity index (χ1v) is 15.3. The molecule has 1 saturated heterocycles. The van der Waals surface area contributed by atoms with E-state index in [4.69, 9.17) is 9.47 Å². The molecule has 0 radical (unpaired) electrons. The molecule has 4 heterocycles. The van der Waals surface area contributed by atoms with E-state index >= 15 is 0 Å². The fraction of sp³-hybridized carbons (Fsp3) is 0.467. The van der Waals surface area contributed by atoms with Gasteiger partial charge in [-0.25, -0.2) is 8.42 Å². The van der Waals surface area contributed by atoms with Crippen molar-refractivity contribution in [1.82, 2.24) is 18.8 Å². The number of carbonyl (C=O) groups excluding carboxylic acids is 1. The Morgan fingerprint density at radius 3 is 2.50 bits per heavy atom. The Balaban J connectivity index is 1.19. The van der Waals surface area contributed by atoms with Crippen LogP contribution in [0.1, 0.15) is 47.3 Å². The summed E-state index contributed by atoms with van der Waals surface area (Å²) < 4.78 is 42.6. The molecule has 2 aromatic heterocycles. The second kappa shape index (κ2) is 12.1. The predicted molar refractivity (Wildman–Crippen MR) is 152 cm³/mol. The lowest BCUT2D eigenvalue weighted by atomic mass is 10.1. The van der Waals surface area contributed by atoms with Crippen LogP contribution in [0.25, 0.3) is 0 Å². The highest BCUT2D eigenvalue weighted by Gasteiger charge is 2.36. The third-order valence-electron chi connectivity index (χ3n) is 7.94. The summed E-state index contributed by atoms with van der Waals surface area (Å²) >= 11 is 0. The number of methoxy groups -OCH3 is 1. The third-order valence-corrected chi connectivity index (χ3v) is 10.2. The Hall–Kier alpha value is -3.21. The minimum Gasteiger partial charge on any atom is -0.497 e. The number of amides is 1. The molecule has 1 atom stereocenters. The van der Waals surface area contributed by atoms with Crippen molar-refractivity contribution < 1.29 is 22.7 Å². The van der Waals surface area contributed by atoms with Crippen LogP contribution >= 0.6 is 0 Å². The summed E-state index contributed by atoms with van der Waals surface area (Å²) in [5.41, 5.74) is 4.87. The van der Waals surface area contributed by atoms with E-state index in [9.17, 15) is 13.2 Å². The van der Waals surface area contributed by atoms with Crippen molar-refractivity contribution in [3.05, 3.63) is 76.9 Å². The van der Waals surface area contributed by atoms with Gasteiger partial charge < -0.3 is 18.9 Å². The van der Waals surface area contributed by atoms with Crippen molar-refractivity contribution in [1.29, 1.82) is 0 Å². The first-order chi connectivity index (χ1) is 19.3. The Bertz CT molecular complexity index is 1430. The van der Waals surface area contributed by atoms with Crippen LogP contribution in [0, 0.1) is 13.8 Å². The summed E-state index contributed by atoms with van der Waals surface area (Å²) in [6, 6.07) is 11.5. The number of piperidine rings is 1. The lowest BCUT2D eigenvalue weighted by Gasteiger charge is -2.35. The van der Waals surface area contributed by atoms with Crippen molar-refractivity contribution in [2.24, 2.45) is 0 Å². The molecule has 2 aliphatic heterocycles. The van der Waals surface area contributed by atoms with E-state index in [2.05, 4.69) is 21.7 Å².